The maximum Gasteiger partial charge on any atom is 0.255 e. The summed E-state index contributed by atoms with van der Waals surface area (Å²) < 4.78 is 25.3. The van der Waals surface area contributed by atoms with Gasteiger partial charge in [-0.1, -0.05) is 27.5 Å². The van der Waals surface area contributed by atoms with E-state index in [1.54, 1.807) is 19.1 Å². The minimum Gasteiger partial charge on any atom is -0.493 e. The molecule has 2 aromatic rings. The molecule has 2 aromatic carbocycles. The van der Waals surface area contributed by atoms with E-state index in [2.05, 4.69) is 15.9 Å². The first-order valence-corrected chi connectivity index (χ1v) is 9.45. The number of halogens is 3. The Balaban J connectivity index is 2.31. The summed E-state index contributed by atoms with van der Waals surface area (Å²) in [7, 11) is 1.38. The molecule has 2 N–H and O–H groups in total. The van der Waals surface area contributed by atoms with Gasteiger partial charge in [0.25, 0.3) is 11.8 Å². The summed E-state index contributed by atoms with van der Waals surface area (Å²) in [6, 6.07) is 7.40. The van der Waals surface area contributed by atoms with Crippen molar-refractivity contribution in [1.29, 1.82) is 0 Å². The van der Waals surface area contributed by atoms with Crippen molar-refractivity contribution in [3.63, 3.8) is 0 Å². The number of nitrogens with zero attached hydrogens (tertiary/aromatic N) is 1. The van der Waals surface area contributed by atoms with E-state index in [1.165, 1.54) is 30.2 Å². The number of benzene rings is 2. The zero-order valence-electron chi connectivity index (χ0n) is 15.3. The van der Waals surface area contributed by atoms with Gasteiger partial charge in [0.05, 0.1) is 12.1 Å². The van der Waals surface area contributed by atoms with E-state index in [0.29, 0.717) is 16.6 Å². The van der Waals surface area contributed by atoms with E-state index in [-0.39, 0.29) is 41.1 Å². The van der Waals surface area contributed by atoms with Crippen LogP contribution in [-0.2, 0) is 11.3 Å². The van der Waals surface area contributed by atoms with Gasteiger partial charge in [0.2, 0.25) is 0 Å². The summed E-state index contributed by atoms with van der Waals surface area (Å²) in [5.41, 5.74) is 5.69. The zero-order chi connectivity index (χ0) is 20.8. The summed E-state index contributed by atoms with van der Waals surface area (Å²) in [4.78, 5) is 25.3. The highest BCUT2D eigenvalue weighted by Crippen LogP contribution is 2.36. The first kappa shape index (κ1) is 22.0. The van der Waals surface area contributed by atoms with Crippen molar-refractivity contribution < 1.29 is 23.5 Å². The molecule has 0 aliphatic heterocycles. The lowest BCUT2D eigenvalue weighted by atomic mass is 10.1. The van der Waals surface area contributed by atoms with Crippen LogP contribution < -0.4 is 15.2 Å². The van der Waals surface area contributed by atoms with E-state index in [0.717, 1.165) is 0 Å². The van der Waals surface area contributed by atoms with Crippen molar-refractivity contribution in [2.24, 2.45) is 5.73 Å². The van der Waals surface area contributed by atoms with Crippen LogP contribution >= 0.6 is 27.5 Å². The van der Waals surface area contributed by atoms with Crippen LogP contribution in [0.3, 0.4) is 0 Å². The molecule has 0 atom stereocenters. The third-order valence-corrected chi connectivity index (χ3v) is 4.65. The second-order valence-electron chi connectivity index (χ2n) is 5.80. The Bertz CT molecular complexity index is 894. The lowest BCUT2D eigenvalue weighted by Crippen LogP contribution is -2.30. The van der Waals surface area contributed by atoms with Gasteiger partial charge in [-0.2, -0.15) is 0 Å². The van der Waals surface area contributed by atoms with Gasteiger partial charge in [-0.15, -0.1) is 0 Å². The fraction of sp³-hybridized carbons (Fsp3) is 0.263. The average molecular weight is 474 g/mol. The number of methoxy groups -OCH3 is 1. The molecule has 0 aliphatic carbocycles. The quantitative estimate of drug-likeness (QED) is 0.633. The SMILES string of the molecule is CCN(Cc1cc(Br)ccc1F)C(=O)c1cc(Cl)c(OCC(N)=O)c(OC)c1. The first-order chi connectivity index (χ1) is 13.3. The van der Waals surface area contributed by atoms with Crippen LogP contribution in [-0.4, -0.2) is 37.0 Å². The zero-order valence-corrected chi connectivity index (χ0v) is 17.6. The molecule has 0 radical (unpaired) electrons. The third-order valence-electron chi connectivity index (χ3n) is 3.87. The van der Waals surface area contributed by atoms with Crippen LogP contribution in [0.15, 0.2) is 34.8 Å². The molecule has 0 spiro atoms. The second-order valence-corrected chi connectivity index (χ2v) is 7.12. The fourth-order valence-electron chi connectivity index (χ4n) is 2.51. The van der Waals surface area contributed by atoms with Crippen molar-refractivity contribution in [1.82, 2.24) is 4.90 Å². The number of hydrogen-bond acceptors (Lipinski definition) is 4. The molecular weight excluding hydrogens is 455 g/mol. The second kappa shape index (κ2) is 9.75. The van der Waals surface area contributed by atoms with Gasteiger partial charge < -0.3 is 20.1 Å². The molecule has 0 fully saturated rings. The largest absolute Gasteiger partial charge is 0.493 e. The molecule has 0 heterocycles. The van der Waals surface area contributed by atoms with Gasteiger partial charge in [-0.25, -0.2) is 4.39 Å². The van der Waals surface area contributed by atoms with Gasteiger partial charge >= 0.3 is 0 Å². The summed E-state index contributed by atoms with van der Waals surface area (Å²) in [6.45, 7) is 1.84. The highest BCUT2D eigenvalue weighted by molar-refractivity contribution is 9.10. The summed E-state index contributed by atoms with van der Waals surface area (Å²) in [5.74, 6) is -1.14. The van der Waals surface area contributed by atoms with Crippen molar-refractivity contribution in [2.45, 2.75) is 13.5 Å². The molecule has 0 bridgehead atoms. The predicted octanol–water partition coefficient (Wildman–Crippen LogP) is 3.78. The van der Waals surface area contributed by atoms with E-state index in [9.17, 15) is 14.0 Å². The van der Waals surface area contributed by atoms with Crippen molar-refractivity contribution in [3.05, 3.63) is 56.8 Å². The van der Waals surface area contributed by atoms with Crippen LogP contribution in [0.5, 0.6) is 11.5 Å². The molecule has 2 rings (SSSR count). The Hall–Kier alpha value is -2.32. The minimum atomic E-state index is -0.675. The predicted molar refractivity (Wildman–Crippen MR) is 107 cm³/mol. The van der Waals surface area contributed by atoms with Gasteiger partial charge in [-0.3, -0.25) is 9.59 Å². The number of primary amides is 1. The van der Waals surface area contributed by atoms with Crippen molar-refractivity contribution >= 4 is 39.3 Å². The molecule has 2 amide bonds. The Morgan fingerprint density at radius 3 is 2.61 bits per heavy atom. The number of hydrogen-bond donors (Lipinski definition) is 1. The molecular formula is C19H19BrClFN2O4. The van der Waals surface area contributed by atoms with Crippen LogP contribution in [0.2, 0.25) is 5.02 Å². The van der Waals surface area contributed by atoms with E-state index in [4.69, 9.17) is 26.8 Å². The Labute approximate surface area is 175 Å². The maximum atomic E-state index is 14.1. The van der Waals surface area contributed by atoms with E-state index >= 15 is 0 Å². The molecule has 9 heteroatoms. The summed E-state index contributed by atoms with van der Waals surface area (Å²) in [6.07, 6.45) is 0. The number of carbonyl (C=O) groups excluding carboxylic acids is 2. The number of nitrogens with two attached hydrogens (primary N) is 1. The summed E-state index contributed by atoms with van der Waals surface area (Å²) >= 11 is 9.50. The monoisotopic (exact) mass is 472 g/mol. The van der Waals surface area contributed by atoms with Gasteiger partial charge in [0.1, 0.15) is 5.82 Å². The first-order valence-electron chi connectivity index (χ1n) is 8.28. The van der Waals surface area contributed by atoms with Gasteiger partial charge in [0, 0.05) is 28.7 Å². The normalized spacial score (nSPS) is 10.5. The number of rotatable bonds is 8. The average Bonchev–Trinajstić information content (AvgIpc) is 2.66. The van der Waals surface area contributed by atoms with Crippen molar-refractivity contribution in [2.75, 3.05) is 20.3 Å². The van der Waals surface area contributed by atoms with Gasteiger partial charge in [0.15, 0.2) is 18.1 Å². The molecule has 0 aliphatic rings. The number of carbonyl (C=O) groups is 2. The Morgan fingerprint density at radius 2 is 2.00 bits per heavy atom. The van der Waals surface area contributed by atoms with Crippen LogP contribution in [0.4, 0.5) is 4.39 Å². The molecule has 0 unspecified atom stereocenters. The third kappa shape index (κ3) is 5.36. The maximum absolute atomic E-state index is 14.1. The Kier molecular flexibility index (Phi) is 7.65. The highest BCUT2D eigenvalue weighted by Gasteiger charge is 2.21. The van der Waals surface area contributed by atoms with Crippen LogP contribution in [0.1, 0.15) is 22.8 Å². The smallest absolute Gasteiger partial charge is 0.255 e. The number of ether oxygens (including phenoxy) is 2. The molecule has 0 saturated carbocycles. The van der Waals surface area contributed by atoms with Crippen molar-refractivity contribution in [3.8, 4) is 11.5 Å². The van der Waals surface area contributed by atoms with Crippen LogP contribution in [0.25, 0.3) is 0 Å². The minimum absolute atomic E-state index is 0.0838. The molecule has 0 aromatic heterocycles. The Morgan fingerprint density at radius 1 is 1.29 bits per heavy atom. The lowest BCUT2D eigenvalue weighted by molar-refractivity contribution is -0.119. The number of amides is 2. The molecule has 150 valence electrons. The van der Waals surface area contributed by atoms with E-state index < -0.39 is 11.7 Å². The molecule has 28 heavy (non-hydrogen) atoms. The topological polar surface area (TPSA) is 81.9 Å². The van der Waals surface area contributed by atoms with Gasteiger partial charge in [-0.05, 0) is 37.3 Å². The standard InChI is InChI=1S/C19H19BrClFN2O4/c1-3-24(9-12-6-13(20)4-5-15(12)22)19(26)11-7-14(21)18(16(8-11)27-2)28-10-17(23)25/h4-8H,3,9-10H2,1-2H3,(H2,23,25). The fourth-order valence-corrected chi connectivity index (χ4v) is 3.18. The lowest BCUT2D eigenvalue weighted by Gasteiger charge is -2.22. The highest BCUT2D eigenvalue weighted by atomic mass is 79.9. The van der Waals surface area contributed by atoms with Crippen LogP contribution in [0, 0.1) is 5.82 Å². The summed E-state index contributed by atoms with van der Waals surface area (Å²) in [5, 5.41) is 0.0913. The molecule has 0 saturated heterocycles. The van der Waals surface area contributed by atoms with E-state index in [1.807, 2.05) is 0 Å². The molecule has 6 nitrogen and oxygen atoms in total.